The smallest absolute Gasteiger partial charge is 0.307 e. The Morgan fingerprint density at radius 3 is 2.39 bits per heavy atom. The minimum atomic E-state index is -3.74. The Balaban J connectivity index is 3.10. The monoisotopic (exact) mass is 294 g/mol. The third-order valence-electron chi connectivity index (χ3n) is 1.64. The molecule has 9 heteroatoms. The average molecular weight is 294 g/mol. The summed E-state index contributed by atoms with van der Waals surface area (Å²) in [7, 11) is -7.44. The highest BCUT2D eigenvalue weighted by molar-refractivity contribution is 7.89. The molecule has 0 aliphatic rings. The fourth-order valence-electron chi connectivity index (χ4n) is 1.14. The number of rotatable bonds is 5. The summed E-state index contributed by atoms with van der Waals surface area (Å²) in [5.41, 5.74) is 0. The van der Waals surface area contributed by atoms with Gasteiger partial charge in [-0.1, -0.05) is 0 Å². The molecule has 102 valence electrons. The fourth-order valence-corrected chi connectivity index (χ4v) is 2.79. The molecule has 0 atom stereocenters. The normalized spacial score (nSPS) is 12.7. The van der Waals surface area contributed by atoms with Crippen LogP contribution in [0.25, 0.3) is 0 Å². The van der Waals surface area contributed by atoms with Gasteiger partial charge in [-0.15, -0.1) is 0 Å². The first-order chi connectivity index (χ1) is 8.10. The number of sulfonamides is 1. The first kappa shape index (κ1) is 14.9. The molecule has 0 saturated carbocycles. The lowest BCUT2D eigenvalue weighted by molar-refractivity contribution is 0.481. The van der Waals surface area contributed by atoms with Crippen molar-refractivity contribution in [3.8, 4) is 5.88 Å². The van der Waals surface area contributed by atoms with Crippen LogP contribution in [0, 0.1) is 0 Å². The zero-order valence-electron chi connectivity index (χ0n) is 10.1. The van der Waals surface area contributed by atoms with Gasteiger partial charge in [0.15, 0.2) is 0 Å². The molecule has 0 aliphatic carbocycles. The summed E-state index contributed by atoms with van der Waals surface area (Å²) in [6.07, 6.45) is 2.01. The van der Waals surface area contributed by atoms with Gasteiger partial charge >= 0.3 is 10.1 Å². The lowest BCUT2D eigenvalue weighted by Gasteiger charge is -2.10. The van der Waals surface area contributed by atoms with Crippen LogP contribution in [0.15, 0.2) is 23.2 Å². The second kappa shape index (κ2) is 5.21. The van der Waals surface area contributed by atoms with Gasteiger partial charge in [0.05, 0.1) is 11.2 Å². The summed E-state index contributed by atoms with van der Waals surface area (Å²) in [6.45, 7) is 3.35. The molecular formula is C9H14N2O5S2. The molecular weight excluding hydrogens is 280 g/mol. The molecule has 0 aromatic carbocycles. The second-order valence-electron chi connectivity index (χ2n) is 3.89. The van der Waals surface area contributed by atoms with Gasteiger partial charge in [0.2, 0.25) is 15.9 Å². The number of hydrogen-bond donors (Lipinski definition) is 1. The summed E-state index contributed by atoms with van der Waals surface area (Å²) in [4.78, 5) is 3.52. The van der Waals surface area contributed by atoms with Crippen LogP contribution in [0.4, 0.5) is 0 Å². The molecule has 1 N–H and O–H groups in total. The van der Waals surface area contributed by atoms with Crippen LogP contribution in [-0.4, -0.2) is 34.1 Å². The van der Waals surface area contributed by atoms with Crippen LogP contribution in [0.3, 0.4) is 0 Å². The molecule has 0 saturated heterocycles. The lowest BCUT2D eigenvalue weighted by atomic mass is 10.4. The van der Waals surface area contributed by atoms with Crippen LogP contribution in [0.1, 0.15) is 13.8 Å². The number of pyridine rings is 1. The quantitative estimate of drug-likeness (QED) is 0.773. The maximum atomic E-state index is 11.8. The van der Waals surface area contributed by atoms with Crippen LogP contribution in [0.5, 0.6) is 5.88 Å². The molecule has 0 fully saturated rings. The molecule has 0 amide bonds. The van der Waals surface area contributed by atoms with E-state index < -0.39 is 20.1 Å². The van der Waals surface area contributed by atoms with E-state index in [1.165, 1.54) is 6.07 Å². The summed E-state index contributed by atoms with van der Waals surface area (Å²) >= 11 is 0. The van der Waals surface area contributed by atoms with Crippen molar-refractivity contribution in [2.24, 2.45) is 0 Å². The van der Waals surface area contributed by atoms with E-state index in [1.54, 1.807) is 13.8 Å². The fraction of sp³-hybridized carbons (Fsp3) is 0.444. The van der Waals surface area contributed by atoms with E-state index in [0.717, 1.165) is 18.5 Å². The summed E-state index contributed by atoms with van der Waals surface area (Å²) < 4.78 is 52.3. The molecule has 0 unspecified atom stereocenters. The van der Waals surface area contributed by atoms with E-state index in [4.69, 9.17) is 0 Å². The molecule has 0 aliphatic heterocycles. The summed E-state index contributed by atoms with van der Waals surface area (Å²) in [5, 5.41) is 0. The van der Waals surface area contributed by atoms with Gasteiger partial charge in [-0.25, -0.2) is 18.1 Å². The first-order valence-corrected chi connectivity index (χ1v) is 8.28. The minimum absolute atomic E-state index is 0.107. The maximum absolute atomic E-state index is 11.8. The molecule has 0 spiro atoms. The van der Waals surface area contributed by atoms with Crippen molar-refractivity contribution in [2.45, 2.75) is 24.8 Å². The van der Waals surface area contributed by atoms with Crippen molar-refractivity contribution in [3.05, 3.63) is 18.3 Å². The Kier molecular flexibility index (Phi) is 4.30. The van der Waals surface area contributed by atoms with Crippen LogP contribution in [-0.2, 0) is 20.1 Å². The van der Waals surface area contributed by atoms with Gasteiger partial charge in [-0.2, -0.15) is 8.42 Å². The first-order valence-electron chi connectivity index (χ1n) is 4.98. The van der Waals surface area contributed by atoms with Crippen LogP contribution < -0.4 is 8.91 Å². The van der Waals surface area contributed by atoms with Gasteiger partial charge < -0.3 is 4.18 Å². The van der Waals surface area contributed by atoms with Gasteiger partial charge in [0.25, 0.3) is 0 Å². The molecule has 7 nitrogen and oxygen atoms in total. The predicted octanol–water partition coefficient (Wildman–Crippen LogP) is 0.107. The van der Waals surface area contributed by atoms with Crippen molar-refractivity contribution in [1.82, 2.24) is 9.71 Å². The molecule has 18 heavy (non-hydrogen) atoms. The van der Waals surface area contributed by atoms with Crippen LogP contribution in [0.2, 0.25) is 0 Å². The topological polar surface area (TPSA) is 102 Å². The predicted molar refractivity (Wildman–Crippen MR) is 65.2 cm³/mol. The highest BCUT2D eigenvalue weighted by Crippen LogP contribution is 2.15. The Bertz CT molecular complexity index is 622. The number of nitrogens with zero attached hydrogens (tertiary/aromatic N) is 1. The van der Waals surface area contributed by atoms with Crippen molar-refractivity contribution in [2.75, 3.05) is 6.26 Å². The van der Waals surface area contributed by atoms with E-state index in [9.17, 15) is 16.8 Å². The standard InChI is InChI=1S/C9H14N2O5S2/c1-7(2)11-18(14,15)8-4-5-10-9(6-8)16-17(3,12)13/h4-7,11H,1-3H3. The van der Waals surface area contributed by atoms with E-state index in [1.807, 2.05) is 0 Å². The van der Waals surface area contributed by atoms with Gasteiger partial charge in [-0.3, -0.25) is 0 Å². The minimum Gasteiger partial charge on any atom is -0.362 e. The lowest BCUT2D eigenvalue weighted by Crippen LogP contribution is -2.30. The van der Waals surface area contributed by atoms with Crippen LogP contribution >= 0.6 is 0 Å². The third-order valence-corrected chi connectivity index (χ3v) is 3.77. The van der Waals surface area contributed by atoms with Crippen molar-refractivity contribution >= 4 is 20.1 Å². The summed E-state index contributed by atoms with van der Waals surface area (Å²) in [6, 6.07) is 2.02. The highest BCUT2D eigenvalue weighted by atomic mass is 32.2. The van der Waals surface area contributed by atoms with E-state index in [-0.39, 0.29) is 16.8 Å². The van der Waals surface area contributed by atoms with Crippen molar-refractivity contribution < 1.29 is 21.0 Å². The second-order valence-corrected chi connectivity index (χ2v) is 7.18. The Hall–Kier alpha value is -1.19. The zero-order chi connectivity index (χ0) is 14.0. The average Bonchev–Trinajstić information content (AvgIpc) is 2.13. The molecule has 1 heterocycles. The Labute approximate surface area is 106 Å². The highest BCUT2D eigenvalue weighted by Gasteiger charge is 2.17. The van der Waals surface area contributed by atoms with Gasteiger partial charge in [0, 0.05) is 18.3 Å². The molecule has 0 bridgehead atoms. The SMILES string of the molecule is CC(C)NS(=O)(=O)c1ccnc(OS(C)(=O)=O)c1. The number of aromatic nitrogens is 1. The largest absolute Gasteiger partial charge is 0.362 e. The van der Waals surface area contributed by atoms with E-state index in [0.29, 0.717) is 0 Å². The van der Waals surface area contributed by atoms with E-state index in [2.05, 4.69) is 13.9 Å². The molecule has 0 radical (unpaired) electrons. The Morgan fingerprint density at radius 2 is 1.89 bits per heavy atom. The molecule has 1 rings (SSSR count). The van der Waals surface area contributed by atoms with Crippen molar-refractivity contribution in [3.63, 3.8) is 0 Å². The van der Waals surface area contributed by atoms with Gasteiger partial charge in [-0.05, 0) is 19.9 Å². The van der Waals surface area contributed by atoms with E-state index >= 15 is 0 Å². The Morgan fingerprint density at radius 1 is 1.28 bits per heavy atom. The molecule has 1 aromatic rings. The summed E-state index contributed by atoms with van der Waals surface area (Å²) in [5.74, 6) is -0.288. The maximum Gasteiger partial charge on any atom is 0.307 e. The van der Waals surface area contributed by atoms with Crippen molar-refractivity contribution in [1.29, 1.82) is 0 Å². The van der Waals surface area contributed by atoms with Gasteiger partial charge in [0.1, 0.15) is 0 Å². The number of nitrogens with one attached hydrogen (secondary N) is 1. The number of hydrogen-bond acceptors (Lipinski definition) is 6. The zero-order valence-corrected chi connectivity index (χ0v) is 11.7. The third kappa shape index (κ3) is 4.59. The molecule has 1 aromatic heterocycles.